The van der Waals surface area contributed by atoms with Gasteiger partial charge in [-0.25, -0.2) is 10.4 Å². The molecular formula is C16H16N4OS2. The summed E-state index contributed by atoms with van der Waals surface area (Å²) in [4.78, 5) is 18.7. The molecule has 2 aromatic heterocycles. The number of para-hydroxylation sites is 1. The van der Waals surface area contributed by atoms with Gasteiger partial charge >= 0.3 is 0 Å². The van der Waals surface area contributed by atoms with Crippen LogP contribution in [0.5, 0.6) is 0 Å². The third-order valence-corrected chi connectivity index (χ3v) is 5.06. The number of nitrogens with one attached hydrogen (secondary N) is 2. The van der Waals surface area contributed by atoms with Gasteiger partial charge in [0.2, 0.25) is 0 Å². The van der Waals surface area contributed by atoms with Crippen LogP contribution >= 0.6 is 22.7 Å². The van der Waals surface area contributed by atoms with E-state index in [2.05, 4.69) is 20.8 Å². The number of aryl methyl sites for hydroxylation is 1. The molecule has 0 fully saturated rings. The molecule has 2 heterocycles. The average molecular weight is 344 g/mol. The Labute approximate surface area is 142 Å². The number of thiophene rings is 1. The molecule has 5 nitrogen and oxygen atoms in total. The van der Waals surface area contributed by atoms with E-state index in [0.717, 1.165) is 20.2 Å². The first-order valence-electron chi connectivity index (χ1n) is 7.13. The van der Waals surface area contributed by atoms with Gasteiger partial charge in [-0.1, -0.05) is 23.5 Å². The van der Waals surface area contributed by atoms with E-state index in [-0.39, 0.29) is 5.91 Å². The SMILES string of the molecule is Cc1ccc(/C=N\NC(=O)[C@@H](C)Nc2nc3ccccc3s2)s1. The van der Waals surface area contributed by atoms with Crippen molar-refractivity contribution >= 4 is 50.1 Å². The second-order valence-electron chi connectivity index (χ2n) is 5.04. The highest BCUT2D eigenvalue weighted by Gasteiger charge is 2.14. The highest BCUT2D eigenvalue weighted by molar-refractivity contribution is 7.22. The van der Waals surface area contributed by atoms with Crippen LogP contribution in [0.4, 0.5) is 5.13 Å². The monoisotopic (exact) mass is 344 g/mol. The predicted octanol–water partition coefficient (Wildman–Crippen LogP) is 3.62. The van der Waals surface area contributed by atoms with Gasteiger partial charge in [0, 0.05) is 9.75 Å². The summed E-state index contributed by atoms with van der Waals surface area (Å²) in [6, 6.07) is 11.5. The minimum absolute atomic E-state index is 0.200. The molecule has 3 rings (SSSR count). The second-order valence-corrected chi connectivity index (χ2v) is 7.39. The quantitative estimate of drug-likeness (QED) is 0.549. The fourth-order valence-corrected chi connectivity index (χ4v) is 3.67. The van der Waals surface area contributed by atoms with Crippen LogP contribution in [-0.4, -0.2) is 23.1 Å². The van der Waals surface area contributed by atoms with Crippen molar-refractivity contribution in [2.75, 3.05) is 5.32 Å². The van der Waals surface area contributed by atoms with Crippen LogP contribution in [0, 0.1) is 6.92 Å². The summed E-state index contributed by atoms with van der Waals surface area (Å²) in [6.45, 7) is 3.82. The fraction of sp³-hybridized carbons (Fsp3) is 0.188. The van der Waals surface area contributed by atoms with Crippen LogP contribution in [0.1, 0.15) is 16.7 Å². The summed E-state index contributed by atoms with van der Waals surface area (Å²) < 4.78 is 1.09. The first-order chi connectivity index (χ1) is 11.1. The maximum absolute atomic E-state index is 12.1. The first-order valence-corrected chi connectivity index (χ1v) is 8.76. The van der Waals surface area contributed by atoms with E-state index in [0.29, 0.717) is 0 Å². The van der Waals surface area contributed by atoms with Crippen molar-refractivity contribution in [1.29, 1.82) is 0 Å². The number of carbonyl (C=O) groups excluding carboxylic acids is 1. The van der Waals surface area contributed by atoms with Crippen LogP contribution in [0.25, 0.3) is 10.2 Å². The number of hydrazone groups is 1. The molecule has 1 aromatic carbocycles. The average Bonchev–Trinajstić information content (AvgIpc) is 3.12. The minimum atomic E-state index is -0.419. The van der Waals surface area contributed by atoms with E-state index in [4.69, 9.17) is 0 Å². The largest absolute Gasteiger partial charge is 0.350 e. The Kier molecular flexibility index (Phi) is 4.68. The van der Waals surface area contributed by atoms with Crippen LogP contribution < -0.4 is 10.7 Å². The van der Waals surface area contributed by atoms with Crippen molar-refractivity contribution in [3.8, 4) is 0 Å². The molecule has 23 heavy (non-hydrogen) atoms. The van der Waals surface area contributed by atoms with Crippen LogP contribution in [0.15, 0.2) is 41.5 Å². The maximum Gasteiger partial charge on any atom is 0.262 e. The Bertz CT molecular complexity index is 820. The number of hydrogen-bond donors (Lipinski definition) is 2. The van der Waals surface area contributed by atoms with Gasteiger partial charge in [-0.2, -0.15) is 5.10 Å². The molecule has 0 saturated heterocycles. The van der Waals surface area contributed by atoms with E-state index < -0.39 is 6.04 Å². The normalized spacial score (nSPS) is 12.6. The molecule has 0 bridgehead atoms. The van der Waals surface area contributed by atoms with Crippen molar-refractivity contribution in [3.05, 3.63) is 46.2 Å². The van der Waals surface area contributed by atoms with Gasteiger partial charge in [0.05, 0.1) is 16.4 Å². The zero-order chi connectivity index (χ0) is 16.2. The molecule has 2 N–H and O–H groups in total. The van der Waals surface area contributed by atoms with Gasteiger partial charge in [-0.15, -0.1) is 11.3 Å². The molecule has 0 unspecified atom stereocenters. The van der Waals surface area contributed by atoms with Crippen LogP contribution in [0.2, 0.25) is 0 Å². The lowest BCUT2D eigenvalue weighted by Gasteiger charge is -2.10. The topological polar surface area (TPSA) is 66.4 Å². The smallest absolute Gasteiger partial charge is 0.262 e. The lowest BCUT2D eigenvalue weighted by atomic mass is 10.3. The molecule has 7 heteroatoms. The molecule has 0 spiro atoms. The molecular weight excluding hydrogens is 328 g/mol. The summed E-state index contributed by atoms with van der Waals surface area (Å²) in [5.41, 5.74) is 3.48. The Balaban J connectivity index is 1.57. The third kappa shape index (κ3) is 3.94. The van der Waals surface area contributed by atoms with Crippen LogP contribution in [-0.2, 0) is 4.79 Å². The zero-order valence-electron chi connectivity index (χ0n) is 12.7. The molecule has 118 valence electrons. The molecule has 3 aromatic rings. The van der Waals surface area contributed by atoms with E-state index in [1.54, 1.807) is 24.5 Å². The summed E-state index contributed by atoms with van der Waals surface area (Å²) in [7, 11) is 0. The number of nitrogens with zero attached hydrogens (tertiary/aromatic N) is 2. The molecule has 0 saturated carbocycles. The van der Waals surface area contributed by atoms with Crippen molar-refractivity contribution in [2.45, 2.75) is 19.9 Å². The van der Waals surface area contributed by atoms with Crippen LogP contribution in [0.3, 0.4) is 0 Å². The molecule has 1 atom stereocenters. The number of amides is 1. The van der Waals surface area contributed by atoms with E-state index >= 15 is 0 Å². The number of carbonyl (C=O) groups is 1. The number of hydrogen-bond acceptors (Lipinski definition) is 6. The lowest BCUT2D eigenvalue weighted by molar-refractivity contribution is -0.121. The zero-order valence-corrected chi connectivity index (χ0v) is 14.4. The van der Waals surface area contributed by atoms with Gasteiger partial charge in [0.1, 0.15) is 6.04 Å². The summed E-state index contributed by atoms with van der Waals surface area (Å²) in [5, 5.41) is 7.83. The van der Waals surface area contributed by atoms with E-state index in [9.17, 15) is 4.79 Å². The van der Waals surface area contributed by atoms with Crippen molar-refractivity contribution in [3.63, 3.8) is 0 Å². The van der Waals surface area contributed by atoms with Crippen molar-refractivity contribution < 1.29 is 4.79 Å². The van der Waals surface area contributed by atoms with E-state index in [1.165, 1.54) is 16.2 Å². The number of fused-ring (bicyclic) bond motifs is 1. The number of anilines is 1. The van der Waals surface area contributed by atoms with Crippen molar-refractivity contribution in [2.24, 2.45) is 5.10 Å². The highest BCUT2D eigenvalue weighted by atomic mass is 32.1. The predicted molar refractivity (Wildman–Crippen MR) is 97.5 cm³/mol. The fourth-order valence-electron chi connectivity index (χ4n) is 1.96. The van der Waals surface area contributed by atoms with Gasteiger partial charge < -0.3 is 5.32 Å². The molecule has 1 amide bonds. The summed E-state index contributed by atoms with van der Waals surface area (Å²) in [5.74, 6) is -0.200. The highest BCUT2D eigenvalue weighted by Crippen LogP contribution is 2.25. The number of rotatable bonds is 5. The van der Waals surface area contributed by atoms with Gasteiger partial charge in [-0.3, -0.25) is 4.79 Å². The second kappa shape index (κ2) is 6.89. The number of benzene rings is 1. The minimum Gasteiger partial charge on any atom is -0.350 e. The molecule has 0 radical (unpaired) electrons. The Morgan fingerprint density at radius 2 is 2.09 bits per heavy atom. The standard InChI is InChI=1S/C16H16N4OS2/c1-10-7-8-12(22-10)9-17-20-15(21)11(2)18-16-19-13-5-3-4-6-14(13)23-16/h3-9,11H,1-2H3,(H,18,19)(H,20,21)/b17-9-/t11-/m1/s1. The van der Waals surface area contributed by atoms with Gasteiger partial charge in [0.25, 0.3) is 5.91 Å². The molecule has 0 aliphatic heterocycles. The molecule has 0 aliphatic rings. The molecule has 0 aliphatic carbocycles. The first kappa shape index (κ1) is 15.6. The number of aromatic nitrogens is 1. The van der Waals surface area contributed by atoms with Crippen molar-refractivity contribution in [1.82, 2.24) is 10.4 Å². The maximum atomic E-state index is 12.1. The number of thiazole rings is 1. The van der Waals surface area contributed by atoms with Gasteiger partial charge in [0.15, 0.2) is 5.13 Å². The Morgan fingerprint density at radius 1 is 1.26 bits per heavy atom. The van der Waals surface area contributed by atoms with Gasteiger partial charge in [-0.05, 0) is 38.1 Å². The van der Waals surface area contributed by atoms with E-state index in [1.807, 2.05) is 43.3 Å². The Morgan fingerprint density at radius 3 is 2.83 bits per heavy atom. The summed E-state index contributed by atoms with van der Waals surface area (Å²) in [6.07, 6.45) is 1.65. The third-order valence-electron chi connectivity index (χ3n) is 3.15. The lowest BCUT2D eigenvalue weighted by Crippen LogP contribution is -2.34. The summed E-state index contributed by atoms with van der Waals surface area (Å²) >= 11 is 3.16. The Hall–Kier alpha value is -2.25.